The maximum absolute atomic E-state index is 12.2. The highest BCUT2D eigenvalue weighted by molar-refractivity contribution is 6.02. The summed E-state index contributed by atoms with van der Waals surface area (Å²) < 4.78 is 1.45. The van der Waals surface area contributed by atoms with E-state index < -0.39 is 11.9 Å². The number of H-pyrrole nitrogens is 1. The zero-order valence-corrected chi connectivity index (χ0v) is 13.7. The minimum atomic E-state index is -0.511. The summed E-state index contributed by atoms with van der Waals surface area (Å²) in [5.41, 5.74) is 0.790. The Hall–Kier alpha value is -3.82. The summed E-state index contributed by atoms with van der Waals surface area (Å²) in [6, 6.07) is 8.62. The number of aromatic nitrogens is 5. The second-order valence-electron chi connectivity index (χ2n) is 5.38. The van der Waals surface area contributed by atoms with E-state index >= 15 is 0 Å². The van der Waals surface area contributed by atoms with Gasteiger partial charge in [0.05, 0.1) is 0 Å². The van der Waals surface area contributed by atoms with Crippen LogP contribution in [0.15, 0.2) is 53.8 Å². The fourth-order valence-electron chi connectivity index (χ4n) is 2.09. The molecule has 3 rings (SSSR count). The van der Waals surface area contributed by atoms with Crippen LogP contribution in [0.1, 0.15) is 23.5 Å². The van der Waals surface area contributed by atoms with Gasteiger partial charge in [-0.3, -0.25) is 14.4 Å². The third kappa shape index (κ3) is 3.98. The fourth-order valence-corrected chi connectivity index (χ4v) is 2.09. The summed E-state index contributed by atoms with van der Waals surface area (Å²) in [5, 5.41) is 15.2. The summed E-state index contributed by atoms with van der Waals surface area (Å²) in [7, 11) is 0. The predicted octanol–water partition coefficient (Wildman–Crippen LogP) is 0.813. The van der Waals surface area contributed by atoms with Gasteiger partial charge in [0.25, 0.3) is 11.5 Å². The quantitative estimate of drug-likeness (QED) is 0.621. The van der Waals surface area contributed by atoms with Crippen LogP contribution in [0.25, 0.3) is 0 Å². The molecule has 2 heterocycles. The van der Waals surface area contributed by atoms with Gasteiger partial charge in [-0.2, -0.15) is 10.2 Å². The van der Waals surface area contributed by atoms with Gasteiger partial charge in [-0.15, -0.1) is 0 Å². The van der Waals surface area contributed by atoms with Crippen LogP contribution in [-0.4, -0.2) is 36.8 Å². The number of hydrogen-bond acceptors (Lipinski definition) is 6. The molecule has 1 aromatic carbocycles. The molecular weight excluding hydrogens is 338 g/mol. The van der Waals surface area contributed by atoms with Gasteiger partial charge in [0.1, 0.15) is 24.4 Å². The topological polar surface area (TPSA) is 135 Å². The van der Waals surface area contributed by atoms with Crippen LogP contribution in [0, 0.1) is 0 Å². The zero-order valence-electron chi connectivity index (χ0n) is 13.7. The minimum Gasteiger partial charge on any atom is -0.324 e. The van der Waals surface area contributed by atoms with E-state index in [2.05, 4.69) is 30.9 Å². The Kier molecular flexibility index (Phi) is 4.83. The molecule has 1 atom stereocenters. The first-order valence-electron chi connectivity index (χ1n) is 7.65. The highest BCUT2D eigenvalue weighted by Crippen LogP contribution is 2.16. The van der Waals surface area contributed by atoms with E-state index in [9.17, 15) is 14.4 Å². The number of rotatable bonds is 5. The lowest BCUT2D eigenvalue weighted by Crippen LogP contribution is -2.24. The van der Waals surface area contributed by atoms with Crippen molar-refractivity contribution in [2.24, 2.45) is 0 Å². The molecule has 0 saturated carbocycles. The normalized spacial score (nSPS) is 11.6. The van der Waals surface area contributed by atoms with E-state index in [1.807, 2.05) is 0 Å². The van der Waals surface area contributed by atoms with E-state index in [0.717, 1.165) is 0 Å². The van der Waals surface area contributed by atoms with Crippen molar-refractivity contribution >= 4 is 23.2 Å². The molecule has 2 aromatic heterocycles. The molecule has 0 aliphatic carbocycles. The van der Waals surface area contributed by atoms with E-state index in [0.29, 0.717) is 11.4 Å². The Bertz CT molecular complexity index is 944. The molecule has 0 radical (unpaired) electrons. The number of anilines is 2. The molecule has 0 fully saturated rings. The molecule has 0 aliphatic heterocycles. The van der Waals surface area contributed by atoms with Crippen molar-refractivity contribution in [2.45, 2.75) is 13.0 Å². The summed E-state index contributed by atoms with van der Waals surface area (Å²) in [6.07, 6.45) is 2.83. The van der Waals surface area contributed by atoms with Crippen molar-refractivity contribution in [1.29, 1.82) is 0 Å². The van der Waals surface area contributed by atoms with Crippen LogP contribution in [0.4, 0.5) is 11.4 Å². The van der Waals surface area contributed by atoms with Crippen molar-refractivity contribution in [3.05, 3.63) is 65.1 Å². The third-order valence-electron chi connectivity index (χ3n) is 3.53. The van der Waals surface area contributed by atoms with Crippen LogP contribution in [0.5, 0.6) is 0 Å². The predicted molar refractivity (Wildman–Crippen MR) is 92.6 cm³/mol. The molecule has 132 valence electrons. The largest absolute Gasteiger partial charge is 0.324 e. The second-order valence-corrected chi connectivity index (χ2v) is 5.38. The molecular formula is C16H15N7O3. The molecule has 26 heavy (non-hydrogen) atoms. The summed E-state index contributed by atoms with van der Waals surface area (Å²) in [5.74, 6) is -0.706. The third-order valence-corrected chi connectivity index (χ3v) is 3.53. The van der Waals surface area contributed by atoms with Crippen molar-refractivity contribution < 1.29 is 9.59 Å². The van der Waals surface area contributed by atoms with Crippen molar-refractivity contribution in [3.63, 3.8) is 0 Å². The Labute approximate surface area is 147 Å². The smallest absolute Gasteiger partial charge is 0.276 e. The average molecular weight is 353 g/mol. The molecule has 3 N–H and O–H groups in total. The molecule has 0 saturated heterocycles. The fraction of sp³-hybridized carbons (Fsp3) is 0.125. The van der Waals surface area contributed by atoms with Crippen LogP contribution in [-0.2, 0) is 4.79 Å². The van der Waals surface area contributed by atoms with Gasteiger partial charge in [-0.25, -0.2) is 14.8 Å². The number of carbonyl (C=O) groups excluding carboxylic acids is 2. The van der Waals surface area contributed by atoms with Gasteiger partial charge >= 0.3 is 0 Å². The van der Waals surface area contributed by atoms with Gasteiger partial charge in [-0.05, 0) is 37.3 Å². The number of hydrogen-bond donors (Lipinski definition) is 3. The van der Waals surface area contributed by atoms with E-state index in [4.69, 9.17) is 0 Å². The lowest BCUT2D eigenvalue weighted by molar-refractivity contribution is -0.119. The van der Waals surface area contributed by atoms with E-state index in [1.54, 1.807) is 31.2 Å². The molecule has 0 bridgehead atoms. The van der Waals surface area contributed by atoms with Crippen LogP contribution < -0.4 is 16.2 Å². The zero-order chi connectivity index (χ0) is 18.5. The van der Waals surface area contributed by atoms with Crippen LogP contribution in [0.3, 0.4) is 0 Å². The summed E-state index contributed by atoms with van der Waals surface area (Å²) >= 11 is 0. The lowest BCUT2D eigenvalue weighted by atomic mass is 10.2. The van der Waals surface area contributed by atoms with Crippen LogP contribution in [0.2, 0.25) is 0 Å². The van der Waals surface area contributed by atoms with Gasteiger partial charge < -0.3 is 10.6 Å². The molecule has 0 aliphatic rings. The van der Waals surface area contributed by atoms with Gasteiger partial charge in [0.15, 0.2) is 0 Å². The Balaban J connectivity index is 1.61. The molecule has 10 nitrogen and oxygen atoms in total. The number of benzene rings is 1. The molecule has 2 amide bonds. The SMILES string of the molecule is CC(C(=O)Nc1ccc(NC(=O)c2ccc(=O)[nH]n2)cc1)n1cncn1. The van der Waals surface area contributed by atoms with Crippen molar-refractivity contribution in [2.75, 3.05) is 10.6 Å². The highest BCUT2D eigenvalue weighted by atomic mass is 16.2. The molecule has 1 unspecified atom stereocenters. The van der Waals surface area contributed by atoms with Gasteiger partial charge in [0, 0.05) is 17.4 Å². The Morgan fingerprint density at radius 1 is 1.08 bits per heavy atom. The number of aromatic amines is 1. The first-order chi connectivity index (χ1) is 12.5. The van der Waals surface area contributed by atoms with Crippen molar-refractivity contribution in [3.8, 4) is 0 Å². The van der Waals surface area contributed by atoms with Crippen LogP contribution >= 0.6 is 0 Å². The van der Waals surface area contributed by atoms with E-state index in [1.165, 1.54) is 29.5 Å². The number of carbonyl (C=O) groups is 2. The molecule has 10 heteroatoms. The number of nitrogens with one attached hydrogen (secondary N) is 3. The minimum absolute atomic E-state index is 0.0867. The highest BCUT2D eigenvalue weighted by Gasteiger charge is 2.15. The Morgan fingerprint density at radius 3 is 2.35 bits per heavy atom. The first-order valence-corrected chi connectivity index (χ1v) is 7.65. The van der Waals surface area contributed by atoms with Gasteiger partial charge in [-0.1, -0.05) is 0 Å². The molecule has 3 aromatic rings. The monoisotopic (exact) mass is 353 g/mol. The standard InChI is InChI=1S/C16H15N7O3/c1-10(23-9-17-8-18-23)15(25)19-11-2-4-12(5-3-11)20-16(26)13-6-7-14(24)22-21-13/h2-10H,1H3,(H,19,25)(H,20,26)(H,22,24). The van der Waals surface area contributed by atoms with Gasteiger partial charge in [0.2, 0.25) is 5.91 Å². The summed E-state index contributed by atoms with van der Waals surface area (Å²) in [4.78, 5) is 39.0. The second kappa shape index (κ2) is 7.38. The lowest BCUT2D eigenvalue weighted by Gasteiger charge is -2.12. The van der Waals surface area contributed by atoms with Crippen molar-refractivity contribution in [1.82, 2.24) is 25.0 Å². The summed E-state index contributed by atoms with van der Waals surface area (Å²) in [6.45, 7) is 1.70. The maximum atomic E-state index is 12.2. The molecule has 0 spiro atoms. The average Bonchev–Trinajstić information content (AvgIpc) is 3.18. The first kappa shape index (κ1) is 17.0. The van der Waals surface area contributed by atoms with E-state index in [-0.39, 0.29) is 17.2 Å². The number of nitrogens with zero attached hydrogens (tertiary/aromatic N) is 4. The Morgan fingerprint density at radius 2 is 1.77 bits per heavy atom. The maximum Gasteiger partial charge on any atom is 0.276 e. The number of amides is 2.